The molecule has 1 rings (SSSR count). The molecule has 1 saturated carbocycles. The summed E-state index contributed by atoms with van der Waals surface area (Å²) in [5.41, 5.74) is 0. The minimum absolute atomic E-state index is 0. The van der Waals surface area contributed by atoms with Crippen molar-refractivity contribution in [3.05, 3.63) is 0 Å². The van der Waals surface area contributed by atoms with Gasteiger partial charge in [-0.2, -0.15) is 0 Å². The SMILES string of the molecule is C.CCCC(=O)C(=O)O[C@@H]1C[C@H](C)CC[C@H]1C(C)C. The van der Waals surface area contributed by atoms with E-state index in [2.05, 4.69) is 20.8 Å². The number of rotatable bonds is 5. The quantitative estimate of drug-likeness (QED) is 0.560. The number of esters is 1. The van der Waals surface area contributed by atoms with Crippen molar-refractivity contribution >= 4 is 11.8 Å². The molecule has 1 aliphatic rings. The maximum atomic E-state index is 11.7. The Kier molecular flexibility index (Phi) is 7.96. The molecule has 1 fully saturated rings. The summed E-state index contributed by atoms with van der Waals surface area (Å²) >= 11 is 0. The Balaban J connectivity index is 0.00000324. The number of ether oxygens (including phenoxy) is 1. The fourth-order valence-corrected chi connectivity index (χ4v) is 2.78. The highest BCUT2D eigenvalue weighted by Crippen LogP contribution is 2.35. The summed E-state index contributed by atoms with van der Waals surface area (Å²) in [6.07, 6.45) is 4.12. The molecular formula is C16H30O3. The van der Waals surface area contributed by atoms with Crippen molar-refractivity contribution in [1.82, 2.24) is 0 Å². The van der Waals surface area contributed by atoms with E-state index in [1.165, 1.54) is 6.42 Å². The molecule has 0 aromatic rings. The summed E-state index contributed by atoms with van der Waals surface area (Å²) in [4.78, 5) is 23.2. The molecule has 0 saturated heterocycles. The fourth-order valence-electron chi connectivity index (χ4n) is 2.78. The summed E-state index contributed by atoms with van der Waals surface area (Å²) < 4.78 is 5.46. The molecule has 0 heterocycles. The lowest BCUT2D eigenvalue weighted by Gasteiger charge is -2.36. The average molecular weight is 270 g/mol. The van der Waals surface area contributed by atoms with Crippen molar-refractivity contribution in [3.63, 3.8) is 0 Å². The van der Waals surface area contributed by atoms with Crippen LogP contribution in [0.1, 0.15) is 67.2 Å². The first-order valence-electron chi connectivity index (χ1n) is 7.19. The average Bonchev–Trinajstić information content (AvgIpc) is 2.28. The second-order valence-corrected chi connectivity index (χ2v) is 5.94. The summed E-state index contributed by atoms with van der Waals surface area (Å²) in [6, 6.07) is 0. The Labute approximate surface area is 118 Å². The van der Waals surface area contributed by atoms with Gasteiger partial charge in [0.15, 0.2) is 0 Å². The van der Waals surface area contributed by atoms with E-state index in [4.69, 9.17) is 4.74 Å². The van der Waals surface area contributed by atoms with E-state index in [0.29, 0.717) is 30.6 Å². The maximum absolute atomic E-state index is 11.7. The molecule has 0 spiro atoms. The molecule has 0 radical (unpaired) electrons. The molecule has 0 aromatic heterocycles. The van der Waals surface area contributed by atoms with Crippen LogP contribution >= 0.6 is 0 Å². The van der Waals surface area contributed by atoms with Gasteiger partial charge in [-0.05, 0) is 37.0 Å². The smallest absolute Gasteiger partial charge is 0.374 e. The normalized spacial score (nSPS) is 26.7. The number of hydrogen-bond donors (Lipinski definition) is 0. The number of hydrogen-bond acceptors (Lipinski definition) is 3. The number of carbonyl (C=O) groups is 2. The molecule has 0 amide bonds. The van der Waals surface area contributed by atoms with E-state index < -0.39 is 5.97 Å². The molecule has 0 unspecified atom stereocenters. The van der Waals surface area contributed by atoms with Crippen LogP contribution in [0.5, 0.6) is 0 Å². The molecule has 19 heavy (non-hydrogen) atoms. The van der Waals surface area contributed by atoms with Gasteiger partial charge < -0.3 is 4.74 Å². The Morgan fingerprint density at radius 2 is 1.89 bits per heavy atom. The third kappa shape index (κ3) is 5.33. The molecule has 112 valence electrons. The van der Waals surface area contributed by atoms with Crippen LogP contribution in [-0.4, -0.2) is 17.9 Å². The maximum Gasteiger partial charge on any atom is 0.374 e. The van der Waals surface area contributed by atoms with E-state index in [0.717, 1.165) is 12.8 Å². The second-order valence-electron chi connectivity index (χ2n) is 5.94. The zero-order valence-corrected chi connectivity index (χ0v) is 12.1. The van der Waals surface area contributed by atoms with Crippen LogP contribution < -0.4 is 0 Å². The summed E-state index contributed by atoms with van der Waals surface area (Å²) in [7, 11) is 0. The molecule has 3 heteroatoms. The van der Waals surface area contributed by atoms with Gasteiger partial charge >= 0.3 is 5.97 Å². The first kappa shape index (κ1) is 18.1. The standard InChI is InChI=1S/C15H26O3.CH4/c1-5-6-13(16)15(17)18-14-9-11(4)7-8-12(14)10(2)3;/h10-12,14H,5-9H2,1-4H3;1H4/t11-,12+,14-;/m1./s1. The van der Waals surface area contributed by atoms with Crippen molar-refractivity contribution in [1.29, 1.82) is 0 Å². The third-order valence-electron chi connectivity index (χ3n) is 3.92. The minimum Gasteiger partial charge on any atom is -0.456 e. The summed E-state index contributed by atoms with van der Waals surface area (Å²) in [5, 5.41) is 0. The van der Waals surface area contributed by atoms with Crippen molar-refractivity contribution < 1.29 is 14.3 Å². The topological polar surface area (TPSA) is 43.4 Å². The summed E-state index contributed by atoms with van der Waals surface area (Å²) in [5.74, 6) is 0.482. The Hall–Kier alpha value is -0.860. The second kappa shape index (κ2) is 8.34. The fraction of sp³-hybridized carbons (Fsp3) is 0.875. The highest BCUT2D eigenvalue weighted by molar-refractivity contribution is 6.33. The number of Topliss-reactive ketones (excluding diaryl/α,β-unsaturated/α-hetero) is 1. The van der Waals surface area contributed by atoms with Crippen molar-refractivity contribution in [2.45, 2.75) is 73.3 Å². The van der Waals surface area contributed by atoms with E-state index in [1.54, 1.807) is 0 Å². The van der Waals surface area contributed by atoms with Gasteiger partial charge in [0.25, 0.3) is 0 Å². The Bertz CT molecular complexity index is 296. The first-order valence-corrected chi connectivity index (χ1v) is 7.19. The first-order chi connectivity index (χ1) is 8.45. The Morgan fingerprint density at radius 3 is 2.42 bits per heavy atom. The third-order valence-corrected chi connectivity index (χ3v) is 3.92. The van der Waals surface area contributed by atoms with Gasteiger partial charge in [-0.1, -0.05) is 41.5 Å². The van der Waals surface area contributed by atoms with E-state index >= 15 is 0 Å². The largest absolute Gasteiger partial charge is 0.456 e. The van der Waals surface area contributed by atoms with Gasteiger partial charge in [-0.15, -0.1) is 0 Å². The van der Waals surface area contributed by atoms with Gasteiger partial charge in [-0.3, -0.25) is 4.79 Å². The van der Waals surface area contributed by atoms with Gasteiger partial charge in [0.1, 0.15) is 6.10 Å². The van der Waals surface area contributed by atoms with Gasteiger partial charge in [0, 0.05) is 6.42 Å². The van der Waals surface area contributed by atoms with Gasteiger partial charge in [0.2, 0.25) is 5.78 Å². The molecule has 0 N–H and O–H groups in total. The molecule has 3 atom stereocenters. The van der Waals surface area contributed by atoms with Crippen LogP contribution in [-0.2, 0) is 14.3 Å². The van der Waals surface area contributed by atoms with Crippen LogP contribution in [0.2, 0.25) is 0 Å². The molecule has 0 aliphatic heterocycles. The van der Waals surface area contributed by atoms with Crippen molar-refractivity contribution in [3.8, 4) is 0 Å². The Morgan fingerprint density at radius 1 is 1.26 bits per heavy atom. The zero-order valence-electron chi connectivity index (χ0n) is 12.1. The summed E-state index contributed by atoms with van der Waals surface area (Å²) in [6.45, 7) is 8.40. The molecule has 1 aliphatic carbocycles. The molecular weight excluding hydrogens is 240 g/mol. The van der Waals surface area contributed by atoms with Gasteiger partial charge in [-0.25, -0.2) is 4.79 Å². The predicted molar refractivity (Wildman–Crippen MR) is 77.9 cm³/mol. The van der Waals surface area contributed by atoms with Crippen LogP contribution in [0.15, 0.2) is 0 Å². The van der Waals surface area contributed by atoms with E-state index in [-0.39, 0.29) is 19.3 Å². The van der Waals surface area contributed by atoms with Crippen LogP contribution in [0, 0.1) is 17.8 Å². The van der Waals surface area contributed by atoms with Crippen LogP contribution in [0.4, 0.5) is 0 Å². The monoisotopic (exact) mass is 270 g/mol. The number of ketones is 1. The highest BCUT2D eigenvalue weighted by Gasteiger charge is 2.34. The lowest BCUT2D eigenvalue weighted by Crippen LogP contribution is -2.37. The van der Waals surface area contributed by atoms with Crippen LogP contribution in [0.3, 0.4) is 0 Å². The predicted octanol–water partition coefficient (Wildman–Crippen LogP) is 4.00. The minimum atomic E-state index is -0.624. The molecule has 0 aromatic carbocycles. The van der Waals surface area contributed by atoms with Crippen LogP contribution in [0.25, 0.3) is 0 Å². The number of carbonyl (C=O) groups excluding carboxylic acids is 2. The molecule has 3 nitrogen and oxygen atoms in total. The van der Waals surface area contributed by atoms with E-state index in [9.17, 15) is 9.59 Å². The zero-order chi connectivity index (χ0) is 13.7. The van der Waals surface area contributed by atoms with E-state index in [1.807, 2.05) is 6.92 Å². The van der Waals surface area contributed by atoms with Crippen molar-refractivity contribution in [2.75, 3.05) is 0 Å². The highest BCUT2D eigenvalue weighted by atomic mass is 16.5. The lowest BCUT2D eigenvalue weighted by atomic mass is 9.75. The molecule has 0 bridgehead atoms. The van der Waals surface area contributed by atoms with Crippen molar-refractivity contribution in [2.24, 2.45) is 17.8 Å². The lowest BCUT2D eigenvalue weighted by molar-refractivity contribution is -0.163. The van der Waals surface area contributed by atoms with Gasteiger partial charge in [0.05, 0.1) is 0 Å².